The van der Waals surface area contributed by atoms with E-state index in [1.54, 1.807) is 0 Å². The lowest BCUT2D eigenvalue weighted by Gasteiger charge is -2.36. The molecule has 0 amide bonds. The Balaban J connectivity index is 1.64. The zero-order valence-corrected chi connectivity index (χ0v) is 15.3. The molecule has 2 aromatic carbocycles. The summed E-state index contributed by atoms with van der Waals surface area (Å²) in [6.07, 6.45) is 3.25. The van der Waals surface area contributed by atoms with E-state index in [1.165, 1.54) is 18.2 Å². The molecule has 0 bridgehead atoms. The number of carbonyl (C=O) groups is 1. The summed E-state index contributed by atoms with van der Waals surface area (Å²) in [4.78, 5) is 13.9. The van der Waals surface area contributed by atoms with Gasteiger partial charge in [0.2, 0.25) is 0 Å². The first kappa shape index (κ1) is 18.5. The molecule has 0 saturated heterocycles. The maximum atomic E-state index is 11.3. The summed E-state index contributed by atoms with van der Waals surface area (Å²) < 4.78 is 9.94. The van der Waals surface area contributed by atoms with Gasteiger partial charge in [-0.05, 0) is 36.8 Å². The molecular weight excluding hydrogens is 326 g/mol. The number of methoxy groups -OCH3 is 1. The lowest BCUT2D eigenvalue weighted by molar-refractivity contribution is 0.00725. The van der Waals surface area contributed by atoms with E-state index >= 15 is 0 Å². The van der Waals surface area contributed by atoms with E-state index < -0.39 is 6.16 Å². The van der Waals surface area contributed by atoms with Crippen molar-refractivity contribution in [1.82, 2.24) is 4.90 Å². The summed E-state index contributed by atoms with van der Waals surface area (Å²) in [6, 6.07) is 21.7. The van der Waals surface area contributed by atoms with E-state index in [4.69, 9.17) is 4.74 Å². The minimum atomic E-state index is -0.570. The van der Waals surface area contributed by atoms with Gasteiger partial charge in [0, 0.05) is 19.1 Å². The van der Waals surface area contributed by atoms with Gasteiger partial charge in [-0.2, -0.15) is 0 Å². The number of nitrogens with zero attached hydrogens (tertiary/aromatic N) is 1. The molecule has 0 spiro atoms. The van der Waals surface area contributed by atoms with Crippen LogP contribution in [0, 0.1) is 0 Å². The fourth-order valence-corrected chi connectivity index (χ4v) is 3.66. The van der Waals surface area contributed by atoms with E-state index in [9.17, 15) is 4.79 Å². The first-order valence-corrected chi connectivity index (χ1v) is 9.31. The minimum Gasteiger partial charge on any atom is -0.438 e. The van der Waals surface area contributed by atoms with E-state index in [-0.39, 0.29) is 6.10 Å². The highest BCUT2D eigenvalue weighted by Gasteiger charge is 2.28. The fourth-order valence-electron chi connectivity index (χ4n) is 3.66. The largest absolute Gasteiger partial charge is 0.508 e. The smallest absolute Gasteiger partial charge is 0.438 e. The molecule has 0 atom stereocenters. The third-order valence-electron chi connectivity index (χ3n) is 5.05. The molecule has 26 heavy (non-hydrogen) atoms. The maximum absolute atomic E-state index is 11.3. The van der Waals surface area contributed by atoms with Crippen LogP contribution >= 0.6 is 0 Å². The molecule has 1 saturated carbocycles. The van der Waals surface area contributed by atoms with Gasteiger partial charge in [-0.25, -0.2) is 4.79 Å². The van der Waals surface area contributed by atoms with Crippen molar-refractivity contribution in [1.29, 1.82) is 0 Å². The molecule has 4 nitrogen and oxygen atoms in total. The molecule has 0 aromatic heterocycles. The number of rotatable bonds is 6. The minimum absolute atomic E-state index is 0.0194. The molecule has 2 aromatic rings. The van der Waals surface area contributed by atoms with Crippen LogP contribution in [-0.4, -0.2) is 30.3 Å². The topological polar surface area (TPSA) is 38.8 Å². The van der Waals surface area contributed by atoms with Gasteiger partial charge in [-0.1, -0.05) is 60.7 Å². The van der Waals surface area contributed by atoms with Crippen LogP contribution in [-0.2, 0) is 22.6 Å². The average Bonchev–Trinajstić information content (AvgIpc) is 2.69. The summed E-state index contributed by atoms with van der Waals surface area (Å²) in [5.74, 6) is 0. The second-order valence-electron chi connectivity index (χ2n) is 6.88. The highest BCUT2D eigenvalue weighted by Crippen LogP contribution is 2.28. The van der Waals surface area contributed by atoms with Crippen molar-refractivity contribution in [3.8, 4) is 0 Å². The Kier molecular flexibility index (Phi) is 6.67. The van der Waals surface area contributed by atoms with Crippen LogP contribution in [0.25, 0.3) is 0 Å². The molecule has 138 valence electrons. The quantitative estimate of drug-likeness (QED) is 0.701. The van der Waals surface area contributed by atoms with Crippen LogP contribution in [0.15, 0.2) is 60.7 Å². The van der Waals surface area contributed by atoms with E-state index in [1.807, 2.05) is 0 Å². The first-order valence-electron chi connectivity index (χ1n) is 9.31. The van der Waals surface area contributed by atoms with Crippen LogP contribution in [0.5, 0.6) is 0 Å². The molecule has 0 unspecified atom stereocenters. The second kappa shape index (κ2) is 9.39. The molecule has 1 aliphatic carbocycles. The Morgan fingerprint density at radius 2 is 1.38 bits per heavy atom. The third kappa shape index (κ3) is 5.33. The van der Waals surface area contributed by atoms with Gasteiger partial charge in [0.25, 0.3) is 0 Å². The Morgan fingerprint density at radius 1 is 0.885 bits per heavy atom. The number of hydrogen-bond donors (Lipinski definition) is 0. The molecule has 0 N–H and O–H groups in total. The molecule has 1 aliphatic rings. The number of ether oxygens (including phenoxy) is 2. The van der Waals surface area contributed by atoms with Gasteiger partial charge in [-0.15, -0.1) is 0 Å². The van der Waals surface area contributed by atoms with Crippen LogP contribution in [0.4, 0.5) is 4.79 Å². The second-order valence-corrected chi connectivity index (χ2v) is 6.88. The van der Waals surface area contributed by atoms with E-state index in [0.717, 1.165) is 38.8 Å². The van der Waals surface area contributed by atoms with Gasteiger partial charge in [0.15, 0.2) is 0 Å². The van der Waals surface area contributed by atoms with Crippen LogP contribution in [0.2, 0.25) is 0 Å². The molecule has 0 heterocycles. The van der Waals surface area contributed by atoms with Gasteiger partial charge >= 0.3 is 6.16 Å². The number of hydrogen-bond acceptors (Lipinski definition) is 4. The Morgan fingerprint density at radius 3 is 1.85 bits per heavy atom. The lowest BCUT2D eigenvalue weighted by Crippen LogP contribution is -2.39. The van der Waals surface area contributed by atoms with Crippen molar-refractivity contribution in [3.63, 3.8) is 0 Å². The van der Waals surface area contributed by atoms with Gasteiger partial charge < -0.3 is 9.47 Å². The summed E-state index contributed by atoms with van der Waals surface area (Å²) in [7, 11) is 1.36. The summed E-state index contributed by atoms with van der Waals surface area (Å²) >= 11 is 0. The van der Waals surface area contributed by atoms with Crippen molar-refractivity contribution in [2.45, 2.75) is 50.9 Å². The molecule has 4 heteroatoms. The molecule has 0 radical (unpaired) electrons. The third-order valence-corrected chi connectivity index (χ3v) is 5.05. The summed E-state index contributed by atoms with van der Waals surface area (Å²) in [5, 5.41) is 0. The van der Waals surface area contributed by atoms with Crippen LogP contribution in [0.3, 0.4) is 0 Å². The van der Waals surface area contributed by atoms with E-state index in [2.05, 4.69) is 70.3 Å². The Labute approximate surface area is 155 Å². The van der Waals surface area contributed by atoms with Crippen molar-refractivity contribution >= 4 is 6.16 Å². The lowest BCUT2D eigenvalue weighted by atomic mass is 9.91. The van der Waals surface area contributed by atoms with Crippen molar-refractivity contribution in [2.24, 2.45) is 0 Å². The molecule has 0 aliphatic heterocycles. The average molecular weight is 353 g/mol. The Hall–Kier alpha value is -2.33. The summed E-state index contributed by atoms with van der Waals surface area (Å²) in [6.45, 7) is 1.87. The van der Waals surface area contributed by atoms with Crippen molar-refractivity contribution < 1.29 is 14.3 Å². The number of benzene rings is 2. The van der Waals surface area contributed by atoms with Crippen molar-refractivity contribution in [3.05, 3.63) is 71.8 Å². The zero-order valence-electron chi connectivity index (χ0n) is 15.3. The highest BCUT2D eigenvalue weighted by molar-refractivity contribution is 5.59. The van der Waals surface area contributed by atoms with E-state index in [0.29, 0.717) is 6.04 Å². The SMILES string of the molecule is COC(=O)O[C@H]1CC[C@@H](N(Cc2ccccc2)Cc2ccccc2)CC1. The monoisotopic (exact) mass is 353 g/mol. The Bertz CT molecular complexity index is 625. The zero-order chi connectivity index (χ0) is 18.2. The molecule has 3 rings (SSSR count). The van der Waals surface area contributed by atoms with Gasteiger partial charge in [0.1, 0.15) is 6.10 Å². The molecular formula is C22H27NO3. The van der Waals surface area contributed by atoms with Gasteiger partial charge in [-0.3, -0.25) is 4.90 Å². The summed E-state index contributed by atoms with van der Waals surface area (Å²) in [5.41, 5.74) is 2.66. The van der Waals surface area contributed by atoms with Crippen molar-refractivity contribution in [2.75, 3.05) is 7.11 Å². The fraction of sp³-hybridized carbons (Fsp3) is 0.409. The van der Waals surface area contributed by atoms with Crippen LogP contribution < -0.4 is 0 Å². The normalized spacial score (nSPS) is 19.9. The first-order chi connectivity index (χ1) is 12.7. The van der Waals surface area contributed by atoms with Crippen LogP contribution in [0.1, 0.15) is 36.8 Å². The molecule has 1 fully saturated rings. The van der Waals surface area contributed by atoms with Gasteiger partial charge in [0.05, 0.1) is 7.11 Å². The highest BCUT2D eigenvalue weighted by atomic mass is 16.7. The maximum Gasteiger partial charge on any atom is 0.508 e. The number of carbonyl (C=O) groups excluding carboxylic acids is 1. The standard InChI is InChI=1S/C22H27NO3/c1-25-22(24)26-21-14-12-20(13-15-21)23(16-18-8-4-2-5-9-18)17-19-10-6-3-7-11-19/h2-11,20-21H,12-17H2,1H3/t20-,21+. The predicted molar refractivity (Wildman–Crippen MR) is 102 cm³/mol. The predicted octanol–water partition coefficient (Wildman–Crippen LogP) is 4.78.